The molecule has 1 rings (SSSR count). The Morgan fingerprint density at radius 2 is 1.79 bits per heavy atom. The summed E-state index contributed by atoms with van der Waals surface area (Å²) in [4.78, 5) is 25.0. The first-order valence-corrected chi connectivity index (χ1v) is 9.05. The number of methoxy groups -OCH3 is 1. The van der Waals surface area contributed by atoms with Crippen molar-refractivity contribution >= 4 is 17.6 Å². The number of alkyl halides is 1. The van der Waals surface area contributed by atoms with Crippen LogP contribution in [0, 0.1) is 11.3 Å². The summed E-state index contributed by atoms with van der Waals surface area (Å²) in [6.45, 7) is 11.9. The number of hydrogen-bond donors (Lipinski definition) is 0. The lowest BCUT2D eigenvalue weighted by molar-refractivity contribution is -0.140. The SMILES string of the molecule is C=C.C=C.COC(=O)CCCCCN(C(=O)CCCF)c1cccc(C#N)c1. The monoisotopic (exact) mass is 390 g/mol. The van der Waals surface area contributed by atoms with Crippen molar-refractivity contribution in [1.29, 1.82) is 5.26 Å². The Balaban J connectivity index is 0. The van der Waals surface area contributed by atoms with E-state index in [2.05, 4.69) is 37.1 Å². The molecule has 154 valence electrons. The van der Waals surface area contributed by atoms with Crippen LogP contribution < -0.4 is 4.90 Å². The standard InChI is InChI=1S/C18H23FN2O3.2C2H4/c1-24-18(23)10-3-2-4-12-21(17(22)9-6-11-19)16-8-5-7-15(13-16)14-20;2*1-2/h5,7-8,13H,2-4,6,9-12H2,1H3;2*1-2H2. The molecule has 1 aromatic carbocycles. The van der Waals surface area contributed by atoms with Gasteiger partial charge in [-0.2, -0.15) is 5.26 Å². The average Bonchev–Trinajstić information content (AvgIpc) is 2.77. The summed E-state index contributed by atoms with van der Waals surface area (Å²) in [7, 11) is 1.36. The van der Waals surface area contributed by atoms with E-state index in [0.717, 1.165) is 12.8 Å². The van der Waals surface area contributed by atoms with E-state index in [4.69, 9.17) is 5.26 Å². The number of anilines is 1. The molecule has 1 amide bonds. The highest BCUT2D eigenvalue weighted by atomic mass is 19.1. The second-order valence-electron chi connectivity index (χ2n) is 5.39. The fraction of sp³-hybridized carbons (Fsp3) is 0.409. The van der Waals surface area contributed by atoms with Crippen molar-refractivity contribution in [2.24, 2.45) is 0 Å². The second kappa shape index (κ2) is 18.8. The summed E-state index contributed by atoms with van der Waals surface area (Å²) < 4.78 is 16.9. The lowest BCUT2D eigenvalue weighted by atomic mass is 10.1. The highest BCUT2D eigenvalue weighted by molar-refractivity contribution is 5.93. The maximum absolute atomic E-state index is 12.3. The van der Waals surface area contributed by atoms with Crippen LogP contribution in [0.5, 0.6) is 0 Å². The lowest BCUT2D eigenvalue weighted by Crippen LogP contribution is -2.31. The van der Waals surface area contributed by atoms with Gasteiger partial charge >= 0.3 is 5.97 Å². The van der Waals surface area contributed by atoms with Crippen LogP contribution in [0.15, 0.2) is 50.6 Å². The highest BCUT2D eigenvalue weighted by Gasteiger charge is 2.15. The first-order chi connectivity index (χ1) is 13.6. The molecule has 0 aliphatic rings. The Morgan fingerprint density at radius 3 is 2.36 bits per heavy atom. The zero-order valence-corrected chi connectivity index (χ0v) is 16.8. The molecule has 0 fully saturated rings. The van der Waals surface area contributed by atoms with Crippen LogP contribution in [0.2, 0.25) is 0 Å². The van der Waals surface area contributed by atoms with Gasteiger partial charge in [-0.15, -0.1) is 26.3 Å². The van der Waals surface area contributed by atoms with Gasteiger partial charge in [-0.3, -0.25) is 14.0 Å². The van der Waals surface area contributed by atoms with Gasteiger partial charge < -0.3 is 9.64 Å². The van der Waals surface area contributed by atoms with Gasteiger partial charge in [-0.25, -0.2) is 0 Å². The number of nitrogens with zero attached hydrogens (tertiary/aromatic N) is 2. The largest absolute Gasteiger partial charge is 0.469 e. The van der Waals surface area contributed by atoms with Gasteiger partial charge in [0.15, 0.2) is 0 Å². The Labute approximate surface area is 168 Å². The van der Waals surface area contributed by atoms with Crippen LogP contribution in [0.1, 0.15) is 44.1 Å². The zero-order valence-electron chi connectivity index (χ0n) is 16.8. The molecular formula is C22H31FN2O3. The molecule has 5 nitrogen and oxygen atoms in total. The van der Waals surface area contributed by atoms with Crippen LogP contribution in [-0.2, 0) is 14.3 Å². The molecule has 0 unspecified atom stereocenters. The smallest absolute Gasteiger partial charge is 0.305 e. The molecule has 1 aromatic rings. The van der Waals surface area contributed by atoms with Gasteiger partial charge in [0.2, 0.25) is 5.91 Å². The number of esters is 1. The van der Waals surface area contributed by atoms with Crippen molar-refractivity contribution in [3.05, 3.63) is 56.1 Å². The molecule has 0 spiro atoms. The van der Waals surface area contributed by atoms with Crippen LogP contribution >= 0.6 is 0 Å². The van der Waals surface area contributed by atoms with Gasteiger partial charge in [0.25, 0.3) is 0 Å². The number of carbonyl (C=O) groups is 2. The molecule has 0 heterocycles. The van der Waals surface area contributed by atoms with E-state index in [-0.39, 0.29) is 24.7 Å². The van der Waals surface area contributed by atoms with Gasteiger partial charge in [0.05, 0.1) is 25.4 Å². The second-order valence-corrected chi connectivity index (χ2v) is 5.39. The van der Waals surface area contributed by atoms with Gasteiger partial charge in [0, 0.05) is 25.1 Å². The molecule has 0 saturated heterocycles. The van der Waals surface area contributed by atoms with Crippen LogP contribution in [-0.4, -0.2) is 32.2 Å². The maximum atomic E-state index is 12.3. The minimum Gasteiger partial charge on any atom is -0.469 e. The normalized spacial score (nSPS) is 8.89. The molecule has 6 heteroatoms. The van der Waals surface area contributed by atoms with E-state index in [1.54, 1.807) is 29.2 Å². The molecule has 28 heavy (non-hydrogen) atoms. The number of rotatable bonds is 10. The third kappa shape index (κ3) is 11.6. The third-order valence-corrected chi connectivity index (χ3v) is 3.60. The fourth-order valence-electron chi connectivity index (χ4n) is 2.31. The number of benzene rings is 1. The Kier molecular flexibility index (Phi) is 18.4. The molecule has 0 N–H and O–H groups in total. The predicted molar refractivity (Wildman–Crippen MR) is 112 cm³/mol. The molecule has 0 bridgehead atoms. The molecule has 0 aliphatic carbocycles. The van der Waals surface area contributed by atoms with Gasteiger partial charge in [0.1, 0.15) is 0 Å². The van der Waals surface area contributed by atoms with Crippen molar-refractivity contribution < 1.29 is 18.7 Å². The summed E-state index contributed by atoms with van der Waals surface area (Å²) in [6, 6.07) is 8.86. The van der Waals surface area contributed by atoms with E-state index in [0.29, 0.717) is 30.6 Å². The summed E-state index contributed by atoms with van der Waals surface area (Å²) in [5.41, 5.74) is 1.12. The summed E-state index contributed by atoms with van der Waals surface area (Å²) >= 11 is 0. The first-order valence-electron chi connectivity index (χ1n) is 9.05. The van der Waals surface area contributed by atoms with Crippen molar-refractivity contribution in [2.45, 2.75) is 38.5 Å². The number of amides is 1. The fourth-order valence-corrected chi connectivity index (χ4v) is 2.31. The minimum atomic E-state index is -0.531. The number of carbonyl (C=O) groups excluding carboxylic acids is 2. The summed E-state index contributed by atoms with van der Waals surface area (Å²) in [6.07, 6.45) is 2.87. The number of unbranched alkanes of at least 4 members (excludes halogenated alkanes) is 2. The molecule has 0 atom stereocenters. The summed E-state index contributed by atoms with van der Waals surface area (Å²) in [5, 5.41) is 9.00. The Hall–Kier alpha value is -2.94. The van der Waals surface area contributed by atoms with Crippen molar-refractivity contribution in [3.8, 4) is 6.07 Å². The molecule has 0 aromatic heterocycles. The number of nitriles is 1. The topological polar surface area (TPSA) is 70.4 Å². The quantitative estimate of drug-likeness (QED) is 0.321. The molecule has 0 saturated carbocycles. The zero-order chi connectivity index (χ0) is 21.8. The lowest BCUT2D eigenvalue weighted by Gasteiger charge is -2.23. The predicted octanol–water partition coefficient (Wildman–Crippen LogP) is 4.98. The van der Waals surface area contributed by atoms with E-state index >= 15 is 0 Å². The maximum Gasteiger partial charge on any atom is 0.305 e. The number of hydrogen-bond acceptors (Lipinski definition) is 4. The molecule has 0 aliphatic heterocycles. The van der Waals surface area contributed by atoms with E-state index in [1.807, 2.05) is 0 Å². The van der Waals surface area contributed by atoms with E-state index < -0.39 is 6.67 Å². The van der Waals surface area contributed by atoms with Crippen LogP contribution in [0.3, 0.4) is 0 Å². The third-order valence-electron chi connectivity index (χ3n) is 3.60. The van der Waals surface area contributed by atoms with Gasteiger partial charge in [-0.1, -0.05) is 12.5 Å². The highest BCUT2D eigenvalue weighted by Crippen LogP contribution is 2.19. The Morgan fingerprint density at radius 1 is 1.11 bits per heavy atom. The van der Waals surface area contributed by atoms with E-state index in [1.165, 1.54) is 7.11 Å². The number of ether oxygens (including phenoxy) is 1. The first kappa shape index (κ1) is 27.3. The molecule has 0 radical (unpaired) electrons. The number of halogens is 1. The van der Waals surface area contributed by atoms with Crippen molar-refractivity contribution in [2.75, 3.05) is 25.2 Å². The van der Waals surface area contributed by atoms with Crippen LogP contribution in [0.4, 0.5) is 10.1 Å². The molecular weight excluding hydrogens is 359 g/mol. The van der Waals surface area contributed by atoms with E-state index in [9.17, 15) is 14.0 Å². The van der Waals surface area contributed by atoms with Crippen molar-refractivity contribution in [1.82, 2.24) is 0 Å². The minimum absolute atomic E-state index is 0.134. The average molecular weight is 390 g/mol. The van der Waals surface area contributed by atoms with Crippen molar-refractivity contribution in [3.63, 3.8) is 0 Å². The summed E-state index contributed by atoms with van der Waals surface area (Å²) in [5.74, 6) is -0.400. The Bertz CT molecular complexity index is 612. The van der Waals surface area contributed by atoms with Crippen LogP contribution in [0.25, 0.3) is 0 Å². The van der Waals surface area contributed by atoms with Gasteiger partial charge in [-0.05, 0) is 37.5 Å².